The fraction of sp³-hybridized carbons (Fsp3) is 0.200. The molecule has 2 N–H and O–H groups in total. The molecule has 0 unspecified atom stereocenters. The second-order valence-electron chi connectivity index (χ2n) is 4.59. The molecule has 0 atom stereocenters. The third-order valence-corrected chi connectivity index (χ3v) is 4.30. The number of nitrogens with two attached hydrogens (primary N) is 1. The van der Waals surface area contributed by atoms with Crippen molar-refractivity contribution >= 4 is 16.3 Å². The number of hydrogen-bond donors (Lipinski definition) is 1. The van der Waals surface area contributed by atoms with Gasteiger partial charge in [0.25, 0.3) is 0 Å². The van der Waals surface area contributed by atoms with Gasteiger partial charge in [0.15, 0.2) is 11.6 Å². The standard InChI is InChI=1S/C15H16N4S/c1-3-11-9-12(13(16)20-11)15-17-14(18-19(15)2)10-7-5-4-6-8-10/h4-9H,3,16H2,1-2H3. The van der Waals surface area contributed by atoms with Gasteiger partial charge in [0.05, 0.1) is 10.6 Å². The van der Waals surface area contributed by atoms with Crippen LogP contribution in [0.15, 0.2) is 36.4 Å². The summed E-state index contributed by atoms with van der Waals surface area (Å²) in [5.41, 5.74) is 8.09. The molecule has 4 nitrogen and oxygen atoms in total. The van der Waals surface area contributed by atoms with E-state index in [1.54, 1.807) is 16.0 Å². The average Bonchev–Trinajstić information content (AvgIpc) is 3.02. The van der Waals surface area contributed by atoms with Crippen molar-refractivity contribution in [2.75, 3.05) is 5.73 Å². The molecule has 20 heavy (non-hydrogen) atoms. The van der Waals surface area contributed by atoms with Crippen LogP contribution in [-0.2, 0) is 13.5 Å². The highest BCUT2D eigenvalue weighted by Gasteiger charge is 2.15. The van der Waals surface area contributed by atoms with Crippen LogP contribution in [-0.4, -0.2) is 14.8 Å². The van der Waals surface area contributed by atoms with E-state index in [0.29, 0.717) is 0 Å². The van der Waals surface area contributed by atoms with Crippen LogP contribution in [0.1, 0.15) is 11.8 Å². The zero-order chi connectivity index (χ0) is 14.1. The molecule has 0 radical (unpaired) electrons. The van der Waals surface area contributed by atoms with Crippen LogP contribution in [0.3, 0.4) is 0 Å². The Morgan fingerprint density at radius 3 is 2.65 bits per heavy atom. The minimum atomic E-state index is 0.728. The molecule has 2 heterocycles. The molecule has 3 rings (SSSR count). The van der Waals surface area contributed by atoms with Crippen LogP contribution in [0.5, 0.6) is 0 Å². The molecule has 0 fully saturated rings. The smallest absolute Gasteiger partial charge is 0.181 e. The van der Waals surface area contributed by atoms with E-state index in [1.165, 1.54) is 4.88 Å². The van der Waals surface area contributed by atoms with Gasteiger partial charge in [-0.05, 0) is 12.5 Å². The summed E-state index contributed by atoms with van der Waals surface area (Å²) in [7, 11) is 1.90. The van der Waals surface area contributed by atoms with Crippen LogP contribution in [0.2, 0.25) is 0 Å². The number of nitrogen functional groups attached to an aromatic ring is 1. The number of nitrogens with zero attached hydrogens (tertiary/aromatic N) is 3. The molecule has 0 saturated heterocycles. The number of benzene rings is 1. The summed E-state index contributed by atoms with van der Waals surface area (Å²) in [6.07, 6.45) is 0.984. The van der Waals surface area contributed by atoms with Crippen LogP contribution >= 0.6 is 11.3 Å². The Bertz CT molecular complexity index is 728. The molecule has 0 aliphatic rings. The minimum absolute atomic E-state index is 0.728. The quantitative estimate of drug-likeness (QED) is 0.802. The Kier molecular flexibility index (Phi) is 3.28. The number of rotatable bonds is 3. The predicted octanol–water partition coefficient (Wildman–Crippen LogP) is 3.36. The summed E-state index contributed by atoms with van der Waals surface area (Å²) in [4.78, 5) is 5.90. The van der Waals surface area contributed by atoms with E-state index >= 15 is 0 Å². The topological polar surface area (TPSA) is 56.7 Å². The van der Waals surface area contributed by atoms with E-state index in [2.05, 4.69) is 23.1 Å². The fourth-order valence-electron chi connectivity index (χ4n) is 2.14. The van der Waals surface area contributed by atoms with Crippen molar-refractivity contribution in [2.45, 2.75) is 13.3 Å². The molecule has 102 valence electrons. The van der Waals surface area contributed by atoms with Gasteiger partial charge in [0.1, 0.15) is 0 Å². The van der Waals surface area contributed by atoms with Crippen molar-refractivity contribution in [2.24, 2.45) is 7.05 Å². The van der Waals surface area contributed by atoms with Crippen LogP contribution in [0.25, 0.3) is 22.8 Å². The molecular formula is C15H16N4S. The van der Waals surface area contributed by atoms with Crippen molar-refractivity contribution in [1.29, 1.82) is 0 Å². The van der Waals surface area contributed by atoms with E-state index in [1.807, 2.05) is 37.4 Å². The van der Waals surface area contributed by atoms with E-state index in [0.717, 1.165) is 34.2 Å². The van der Waals surface area contributed by atoms with Crippen LogP contribution in [0, 0.1) is 0 Å². The second-order valence-corrected chi connectivity index (χ2v) is 5.76. The Labute approximate surface area is 121 Å². The number of aryl methyl sites for hydroxylation is 2. The first-order valence-corrected chi connectivity index (χ1v) is 7.35. The van der Waals surface area contributed by atoms with Gasteiger partial charge in [-0.15, -0.1) is 11.3 Å². The Morgan fingerprint density at radius 2 is 2.00 bits per heavy atom. The average molecular weight is 284 g/mol. The van der Waals surface area contributed by atoms with Gasteiger partial charge in [-0.3, -0.25) is 0 Å². The molecule has 0 aliphatic heterocycles. The van der Waals surface area contributed by atoms with E-state index in [-0.39, 0.29) is 0 Å². The maximum Gasteiger partial charge on any atom is 0.181 e. The first kappa shape index (κ1) is 12.9. The lowest BCUT2D eigenvalue weighted by Gasteiger charge is -1.97. The molecule has 5 heteroatoms. The Hall–Kier alpha value is -2.14. The lowest BCUT2D eigenvalue weighted by molar-refractivity contribution is 0.778. The number of thiophene rings is 1. The second kappa shape index (κ2) is 5.09. The van der Waals surface area contributed by atoms with Gasteiger partial charge in [0.2, 0.25) is 0 Å². The van der Waals surface area contributed by atoms with Gasteiger partial charge in [-0.25, -0.2) is 9.67 Å². The van der Waals surface area contributed by atoms with E-state index in [9.17, 15) is 0 Å². The SMILES string of the molecule is CCc1cc(-c2nc(-c3ccccc3)nn2C)c(N)s1. The van der Waals surface area contributed by atoms with Crippen molar-refractivity contribution < 1.29 is 0 Å². The minimum Gasteiger partial charge on any atom is -0.390 e. The molecule has 2 aromatic heterocycles. The summed E-state index contributed by atoms with van der Waals surface area (Å²) in [6.45, 7) is 2.13. The molecule has 0 bridgehead atoms. The number of aromatic nitrogens is 3. The number of anilines is 1. The van der Waals surface area contributed by atoms with Gasteiger partial charge >= 0.3 is 0 Å². The molecule has 0 spiro atoms. The summed E-state index contributed by atoms with van der Waals surface area (Å²) in [5.74, 6) is 1.55. The van der Waals surface area contributed by atoms with Crippen LogP contribution < -0.4 is 5.73 Å². The van der Waals surface area contributed by atoms with E-state index in [4.69, 9.17) is 5.73 Å². The van der Waals surface area contributed by atoms with Gasteiger partial charge in [0, 0.05) is 17.5 Å². The highest BCUT2D eigenvalue weighted by atomic mass is 32.1. The lowest BCUT2D eigenvalue weighted by Crippen LogP contribution is -1.95. The molecular weight excluding hydrogens is 268 g/mol. The van der Waals surface area contributed by atoms with Crippen LogP contribution in [0.4, 0.5) is 5.00 Å². The highest BCUT2D eigenvalue weighted by molar-refractivity contribution is 7.16. The highest BCUT2D eigenvalue weighted by Crippen LogP contribution is 2.33. The molecule has 1 aromatic carbocycles. The van der Waals surface area contributed by atoms with E-state index < -0.39 is 0 Å². The normalized spacial score (nSPS) is 10.9. The summed E-state index contributed by atoms with van der Waals surface area (Å²) < 4.78 is 1.79. The molecule has 0 amide bonds. The zero-order valence-corrected chi connectivity index (χ0v) is 12.3. The fourth-order valence-corrected chi connectivity index (χ4v) is 3.00. The lowest BCUT2D eigenvalue weighted by atomic mass is 10.2. The molecule has 0 aliphatic carbocycles. The third-order valence-electron chi connectivity index (χ3n) is 3.20. The third kappa shape index (κ3) is 2.20. The first-order chi connectivity index (χ1) is 9.69. The van der Waals surface area contributed by atoms with Crippen molar-refractivity contribution in [1.82, 2.24) is 14.8 Å². The monoisotopic (exact) mass is 284 g/mol. The largest absolute Gasteiger partial charge is 0.390 e. The summed E-state index contributed by atoms with van der Waals surface area (Å²) in [6, 6.07) is 12.1. The Balaban J connectivity index is 2.07. The van der Waals surface area contributed by atoms with Gasteiger partial charge in [-0.1, -0.05) is 37.3 Å². The van der Waals surface area contributed by atoms with Gasteiger partial charge in [-0.2, -0.15) is 5.10 Å². The number of hydrogen-bond acceptors (Lipinski definition) is 4. The van der Waals surface area contributed by atoms with Gasteiger partial charge < -0.3 is 5.73 Å². The molecule has 3 aromatic rings. The first-order valence-electron chi connectivity index (χ1n) is 6.54. The maximum atomic E-state index is 6.10. The Morgan fingerprint density at radius 1 is 1.25 bits per heavy atom. The summed E-state index contributed by atoms with van der Waals surface area (Å²) >= 11 is 1.62. The van der Waals surface area contributed by atoms with Crippen molar-refractivity contribution in [3.05, 3.63) is 41.3 Å². The summed E-state index contributed by atoms with van der Waals surface area (Å²) in [5, 5.41) is 5.29. The predicted molar refractivity (Wildman–Crippen MR) is 83.5 cm³/mol. The zero-order valence-electron chi connectivity index (χ0n) is 11.5. The maximum absolute atomic E-state index is 6.10. The molecule has 0 saturated carbocycles. The van der Waals surface area contributed by atoms with Crippen molar-refractivity contribution in [3.8, 4) is 22.8 Å². The van der Waals surface area contributed by atoms with Crippen molar-refractivity contribution in [3.63, 3.8) is 0 Å².